The van der Waals surface area contributed by atoms with Gasteiger partial charge in [-0.05, 0) is 35.7 Å². The number of carboxylic acids is 1. The first-order valence-electron chi connectivity index (χ1n) is 12.0. The molecule has 2 atom stereocenters. The summed E-state index contributed by atoms with van der Waals surface area (Å²) in [5.41, 5.74) is 8.34. The number of nitrogens with one attached hydrogen (secondary N) is 5. The van der Waals surface area contributed by atoms with Gasteiger partial charge >= 0.3 is 5.97 Å². The summed E-state index contributed by atoms with van der Waals surface area (Å²) >= 11 is 0. The summed E-state index contributed by atoms with van der Waals surface area (Å²) in [4.78, 5) is 62.9. The molecular weight excluding hydrogens is 508 g/mol. The fraction of sp³-hybridized carbons (Fsp3) is 0.269. The summed E-state index contributed by atoms with van der Waals surface area (Å²) in [6, 6.07) is 11.3. The lowest BCUT2D eigenvalue weighted by Gasteiger charge is -2.15. The van der Waals surface area contributed by atoms with Crippen molar-refractivity contribution in [3.63, 3.8) is 0 Å². The van der Waals surface area contributed by atoms with Crippen LogP contribution in [-0.4, -0.2) is 76.5 Å². The number of phenols is 1. The smallest absolute Gasteiger partial charge is 0.326 e. The van der Waals surface area contributed by atoms with Crippen LogP contribution in [0.4, 0.5) is 0 Å². The van der Waals surface area contributed by atoms with E-state index in [1.165, 1.54) is 24.3 Å². The van der Waals surface area contributed by atoms with Crippen molar-refractivity contribution in [3.05, 3.63) is 65.9 Å². The molecule has 0 bridgehead atoms. The first-order valence-corrected chi connectivity index (χ1v) is 12.0. The number of carbonyl (C=O) groups is 5. The Morgan fingerprint density at radius 3 is 2.10 bits per heavy atom. The first-order chi connectivity index (χ1) is 18.6. The molecule has 0 aliphatic carbocycles. The van der Waals surface area contributed by atoms with E-state index >= 15 is 0 Å². The van der Waals surface area contributed by atoms with Crippen LogP contribution in [0, 0.1) is 0 Å². The van der Waals surface area contributed by atoms with Gasteiger partial charge in [0, 0.05) is 23.5 Å². The molecule has 1 heterocycles. The lowest BCUT2D eigenvalue weighted by Crippen LogP contribution is -2.49. The Morgan fingerprint density at radius 2 is 1.44 bits per heavy atom. The number of carboxylic acid groups (broad SMARTS) is 1. The number of benzene rings is 2. The molecule has 0 spiro atoms. The molecule has 0 saturated heterocycles. The molecule has 0 radical (unpaired) electrons. The van der Waals surface area contributed by atoms with Crippen LogP contribution in [0.5, 0.6) is 5.75 Å². The van der Waals surface area contributed by atoms with Crippen LogP contribution in [0.15, 0.2) is 54.7 Å². The van der Waals surface area contributed by atoms with Gasteiger partial charge < -0.3 is 42.2 Å². The summed E-state index contributed by atoms with van der Waals surface area (Å²) in [5.74, 6) is -3.84. The minimum Gasteiger partial charge on any atom is -0.508 e. The Balaban J connectivity index is 1.33. The number of hydrogen-bond donors (Lipinski definition) is 8. The molecule has 0 fully saturated rings. The number of phenolic OH excluding ortho intramolecular Hbond substituents is 1. The normalized spacial score (nSPS) is 12.2. The van der Waals surface area contributed by atoms with Gasteiger partial charge in [0.05, 0.1) is 25.7 Å². The fourth-order valence-corrected chi connectivity index (χ4v) is 3.72. The minimum atomic E-state index is -1.27. The average molecular weight is 539 g/mol. The Kier molecular flexibility index (Phi) is 9.98. The van der Waals surface area contributed by atoms with Crippen molar-refractivity contribution in [1.29, 1.82) is 0 Å². The van der Waals surface area contributed by atoms with E-state index in [0.717, 1.165) is 16.5 Å². The van der Waals surface area contributed by atoms with Crippen molar-refractivity contribution in [2.45, 2.75) is 24.9 Å². The molecular formula is C26H30N6O7. The van der Waals surface area contributed by atoms with Gasteiger partial charge in [0.2, 0.25) is 23.6 Å². The molecule has 0 aliphatic heterocycles. The van der Waals surface area contributed by atoms with Crippen LogP contribution >= 0.6 is 0 Å². The number of aliphatic carboxylic acids is 1. The van der Waals surface area contributed by atoms with E-state index in [1.807, 2.05) is 24.3 Å². The highest BCUT2D eigenvalue weighted by Crippen LogP contribution is 2.18. The molecule has 13 heteroatoms. The van der Waals surface area contributed by atoms with Gasteiger partial charge in [0.25, 0.3) is 0 Å². The maximum atomic E-state index is 12.3. The third kappa shape index (κ3) is 8.86. The summed E-state index contributed by atoms with van der Waals surface area (Å²) in [6.07, 6.45) is 2.02. The number of hydrogen-bond acceptors (Lipinski definition) is 7. The Morgan fingerprint density at radius 1 is 0.821 bits per heavy atom. The predicted octanol–water partition coefficient (Wildman–Crippen LogP) is -1.10. The lowest BCUT2D eigenvalue weighted by atomic mass is 10.1. The number of fused-ring (bicyclic) bond motifs is 1. The van der Waals surface area contributed by atoms with Crippen molar-refractivity contribution in [2.24, 2.45) is 5.73 Å². The van der Waals surface area contributed by atoms with Crippen LogP contribution in [0.3, 0.4) is 0 Å². The molecule has 0 aliphatic rings. The number of aromatic hydroxyl groups is 1. The first kappa shape index (κ1) is 28.7. The summed E-state index contributed by atoms with van der Waals surface area (Å²) in [5, 5.41) is 28.9. The summed E-state index contributed by atoms with van der Waals surface area (Å²) < 4.78 is 0. The van der Waals surface area contributed by atoms with Gasteiger partial charge in [-0.3, -0.25) is 19.2 Å². The second-order valence-corrected chi connectivity index (χ2v) is 8.77. The topological polar surface area (TPSA) is 216 Å². The van der Waals surface area contributed by atoms with E-state index in [9.17, 15) is 34.2 Å². The highest BCUT2D eigenvalue weighted by Gasteiger charge is 2.21. The van der Waals surface area contributed by atoms with Crippen LogP contribution in [0.2, 0.25) is 0 Å². The minimum absolute atomic E-state index is 0.0249. The second kappa shape index (κ2) is 13.6. The standard InChI is InChI=1S/C26H30N6O7/c27-19(10-16-11-28-20-4-2-1-3-18(16)20)25(37)31-13-23(35)29-12-22(34)30-14-24(36)32-21(26(38)39)9-15-5-7-17(33)8-6-15/h1-8,11,19,21,28,33H,9-10,12-14,27H2,(H,29,35)(H,30,34)(H,31,37)(H,32,36)(H,38,39)/t19-,21-/m0/s1. The van der Waals surface area contributed by atoms with Crippen LogP contribution in [0.1, 0.15) is 11.1 Å². The molecule has 206 valence electrons. The van der Waals surface area contributed by atoms with Gasteiger partial charge in [-0.2, -0.15) is 0 Å². The van der Waals surface area contributed by atoms with Crippen LogP contribution in [-0.2, 0) is 36.8 Å². The third-order valence-electron chi connectivity index (χ3n) is 5.78. The largest absolute Gasteiger partial charge is 0.508 e. The molecule has 1 aromatic heterocycles. The molecule has 0 saturated carbocycles. The Bertz CT molecular complexity index is 1340. The predicted molar refractivity (Wildman–Crippen MR) is 140 cm³/mol. The highest BCUT2D eigenvalue weighted by atomic mass is 16.4. The number of aromatic nitrogens is 1. The lowest BCUT2D eigenvalue weighted by molar-refractivity contribution is -0.141. The highest BCUT2D eigenvalue weighted by molar-refractivity contribution is 5.92. The average Bonchev–Trinajstić information content (AvgIpc) is 3.32. The van der Waals surface area contributed by atoms with Crippen LogP contribution in [0.25, 0.3) is 10.9 Å². The van der Waals surface area contributed by atoms with Gasteiger partial charge in [0.1, 0.15) is 11.8 Å². The molecule has 39 heavy (non-hydrogen) atoms. The maximum Gasteiger partial charge on any atom is 0.326 e. The summed E-state index contributed by atoms with van der Waals surface area (Å²) in [6.45, 7) is -1.36. The zero-order valence-electron chi connectivity index (χ0n) is 20.9. The van der Waals surface area contributed by atoms with Crippen molar-refractivity contribution in [2.75, 3.05) is 19.6 Å². The number of carbonyl (C=O) groups excluding carboxylic acids is 4. The van der Waals surface area contributed by atoms with E-state index in [0.29, 0.717) is 5.56 Å². The SMILES string of the molecule is N[C@@H](Cc1c[nH]c2ccccc12)C(=O)NCC(=O)NCC(=O)NCC(=O)N[C@@H](Cc1ccc(O)cc1)C(=O)O. The zero-order chi connectivity index (χ0) is 28.4. The number of rotatable bonds is 13. The van der Waals surface area contributed by atoms with Gasteiger partial charge in [-0.25, -0.2) is 4.79 Å². The van der Waals surface area contributed by atoms with E-state index in [-0.39, 0.29) is 18.6 Å². The third-order valence-corrected chi connectivity index (χ3v) is 5.78. The van der Waals surface area contributed by atoms with E-state index in [4.69, 9.17) is 5.73 Å². The molecule has 4 amide bonds. The number of nitrogens with two attached hydrogens (primary N) is 1. The Hall–Kier alpha value is -4.91. The number of aromatic amines is 1. The van der Waals surface area contributed by atoms with Crippen molar-refractivity contribution in [3.8, 4) is 5.75 Å². The van der Waals surface area contributed by atoms with Crippen molar-refractivity contribution in [1.82, 2.24) is 26.3 Å². The van der Waals surface area contributed by atoms with E-state index in [1.54, 1.807) is 6.20 Å². The second-order valence-electron chi connectivity index (χ2n) is 8.77. The number of H-pyrrole nitrogens is 1. The number of para-hydroxylation sites is 1. The fourth-order valence-electron chi connectivity index (χ4n) is 3.72. The molecule has 9 N–H and O–H groups in total. The zero-order valence-corrected chi connectivity index (χ0v) is 20.9. The Labute approximate surface area is 223 Å². The molecule has 3 aromatic rings. The molecule has 3 rings (SSSR count). The van der Waals surface area contributed by atoms with Gasteiger partial charge in [0.15, 0.2) is 0 Å². The number of amides is 4. The van der Waals surface area contributed by atoms with Crippen LogP contribution < -0.4 is 27.0 Å². The quantitative estimate of drug-likeness (QED) is 0.133. The van der Waals surface area contributed by atoms with Gasteiger partial charge in [-0.15, -0.1) is 0 Å². The molecule has 0 unspecified atom stereocenters. The van der Waals surface area contributed by atoms with E-state index < -0.39 is 61.3 Å². The van der Waals surface area contributed by atoms with E-state index in [2.05, 4.69) is 26.3 Å². The van der Waals surface area contributed by atoms with Crippen molar-refractivity contribution >= 4 is 40.5 Å². The van der Waals surface area contributed by atoms with Gasteiger partial charge in [-0.1, -0.05) is 30.3 Å². The molecule has 2 aromatic carbocycles. The maximum absolute atomic E-state index is 12.3. The monoisotopic (exact) mass is 538 g/mol. The van der Waals surface area contributed by atoms with Crippen molar-refractivity contribution < 1.29 is 34.2 Å². The molecule has 13 nitrogen and oxygen atoms in total. The summed E-state index contributed by atoms with van der Waals surface area (Å²) in [7, 11) is 0.